The van der Waals surface area contributed by atoms with E-state index in [4.69, 9.17) is 9.15 Å². The van der Waals surface area contributed by atoms with Gasteiger partial charge in [0.2, 0.25) is 0 Å². The molecule has 7 heteroatoms. The van der Waals surface area contributed by atoms with Crippen molar-refractivity contribution in [3.05, 3.63) is 53.6 Å². The Kier molecular flexibility index (Phi) is 3.74. The highest BCUT2D eigenvalue weighted by atomic mass is 79.9. The number of carbonyl (C=O) groups is 1. The van der Waals surface area contributed by atoms with E-state index in [9.17, 15) is 4.79 Å². The van der Waals surface area contributed by atoms with E-state index in [1.54, 1.807) is 24.6 Å². The van der Waals surface area contributed by atoms with Crippen LogP contribution in [0.3, 0.4) is 0 Å². The van der Waals surface area contributed by atoms with Crippen LogP contribution in [0.1, 0.15) is 27.4 Å². The summed E-state index contributed by atoms with van der Waals surface area (Å²) in [4.78, 5) is 20.3. The van der Waals surface area contributed by atoms with Crippen LogP contribution < -0.4 is 0 Å². The normalized spacial score (nSPS) is 11.0. The first-order valence-electron chi connectivity index (χ1n) is 6.24. The topological polar surface area (TPSA) is 69.6 Å². The lowest BCUT2D eigenvalue weighted by atomic mass is 10.2. The van der Waals surface area contributed by atoms with Gasteiger partial charge in [0.15, 0.2) is 6.39 Å². The predicted octanol–water partition coefficient (Wildman–Crippen LogP) is 2.59. The van der Waals surface area contributed by atoms with E-state index in [1.165, 1.54) is 13.5 Å². The summed E-state index contributed by atoms with van der Waals surface area (Å²) in [7, 11) is 1.36. The number of hydrogen-bond donors (Lipinski definition) is 0. The first-order chi connectivity index (χ1) is 10.2. The van der Waals surface area contributed by atoms with Crippen LogP contribution in [0.5, 0.6) is 0 Å². The molecule has 3 rings (SSSR count). The lowest BCUT2D eigenvalue weighted by Gasteiger charge is -2.04. The number of methoxy groups -OCH3 is 1. The average Bonchev–Trinajstić information content (AvgIpc) is 3.14. The lowest BCUT2D eigenvalue weighted by molar-refractivity contribution is 0.0600. The first kappa shape index (κ1) is 13.8. The van der Waals surface area contributed by atoms with Crippen LogP contribution in [0.25, 0.3) is 5.65 Å². The number of esters is 1. The van der Waals surface area contributed by atoms with E-state index < -0.39 is 0 Å². The van der Waals surface area contributed by atoms with Crippen LogP contribution in [0.15, 0.2) is 35.4 Å². The Labute approximate surface area is 128 Å². The molecule has 0 saturated heterocycles. The molecule has 0 N–H and O–H groups in total. The van der Waals surface area contributed by atoms with Crippen LogP contribution >= 0.6 is 15.9 Å². The fourth-order valence-electron chi connectivity index (χ4n) is 2.17. The quantitative estimate of drug-likeness (QED) is 0.534. The van der Waals surface area contributed by atoms with Gasteiger partial charge in [-0.2, -0.15) is 0 Å². The number of carbonyl (C=O) groups excluding carboxylic acids is 1. The third-order valence-electron chi connectivity index (χ3n) is 3.18. The van der Waals surface area contributed by atoms with Gasteiger partial charge in [-0.3, -0.25) is 0 Å². The molecule has 0 spiro atoms. The van der Waals surface area contributed by atoms with Crippen molar-refractivity contribution in [1.82, 2.24) is 14.4 Å². The van der Waals surface area contributed by atoms with Gasteiger partial charge < -0.3 is 13.6 Å². The molecular weight excluding hydrogens is 338 g/mol. The van der Waals surface area contributed by atoms with Crippen LogP contribution in [0.2, 0.25) is 0 Å². The third kappa shape index (κ3) is 2.56. The van der Waals surface area contributed by atoms with Crippen molar-refractivity contribution in [2.75, 3.05) is 7.11 Å². The highest BCUT2D eigenvalue weighted by Crippen LogP contribution is 2.19. The zero-order valence-corrected chi connectivity index (χ0v) is 12.8. The molecule has 3 aromatic rings. The number of alkyl halides is 1. The maximum atomic E-state index is 11.7. The van der Waals surface area contributed by atoms with E-state index in [0.29, 0.717) is 17.3 Å². The van der Waals surface area contributed by atoms with E-state index in [0.717, 1.165) is 22.7 Å². The summed E-state index contributed by atoms with van der Waals surface area (Å²) in [6, 6.07) is 3.50. The molecule has 6 nitrogen and oxygen atoms in total. The van der Waals surface area contributed by atoms with Crippen molar-refractivity contribution in [1.29, 1.82) is 0 Å². The largest absolute Gasteiger partial charge is 0.465 e. The molecule has 3 aromatic heterocycles. The summed E-state index contributed by atoms with van der Waals surface area (Å²) >= 11 is 3.44. The summed E-state index contributed by atoms with van der Waals surface area (Å²) in [5.74, 6) is -0.377. The van der Waals surface area contributed by atoms with Gasteiger partial charge in [0, 0.05) is 17.9 Å². The molecule has 3 heterocycles. The number of pyridine rings is 1. The minimum atomic E-state index is -0.377. The maximum Gasteiger partial charge on any atom is 0.339 e. The van der Waals surface area contributed by atoms with Gasteiger partial charge in [0.25, 0.3) is 0 Å². The molecule has 0 bridgehead atoms. The molecule has 0 unspecified atom stereocenters. The standard InChI is InChI=1S/C14H12BrN3O3/c1-20-14(19)9-2-3-13-17-11(5-15)12(18(13)6-9)4-10-7-21-8-16-10/h2-3,6-8H,4-5H2,1H3. The van der Waals surface area contributed by atoms with Gasteiger partial charge in [0.05, 0.1) is 29.8 Å². The Morgan fingerprint density at radius 2 is 2.33 bits per heavy atom. The number of oxazole rings is 1. The molecular formula is C14H12BrN3O3. The molecule has 0 aromatic carbocycles. The lowest BCUT2D eigenvalue weighted by Crippen LogP contribution is -2.04. The molecule has 0 atom stereocenters. The van der Waals surface area contributed by atoms with Crippen LogP contribution in [-0.2, 0) is 16.5 Å². The fraction of sp³-hybridized carbons (Fsp3) is 0.214. The summed E-state index contributed by atoms with van der Waals surface area (Å²) < 4.78 is 11.6. The number of ether oxygens (including phenoxy) is 1. The SMILES string of the molecule is COC(=O)c1ccc2nc(CBr)c(Cc3cocn3)n2c1. The highest BCUT2D eigenvalue weighted by molar-refractivity contribution is 9.08. The Hall–Kier alpha value is -2.15. The van der Waals surface area contributed by atoms with Gasteiger partial charge in [-0.25, -0.2) is 14.8 Å². The predicted molar refractivity (Wildman–Crippen MR) is 78.5 cm³/mol. The molecule has 0 amide bonds. The van der Waals surface area contributed by atoms with Crippen molar-refractivity contribution >= 4 is 27.5 Å². The summed E-state index contributed by atoms with van der Waals surface area (Å²) in [6.45, 7) is 0. The summed E-state index contributed by atoms with van der Waals surface area (Å²) in [5.41, 5.74) is 3.92. The van der Waals surface area contributed by atoms with E-state index >= 15 is 0 Å². The Balaban J connectivity index is 2.12. The average molecular weight is 350 g/mol. The van der Waals surface area contributed by atoms with Gasteiger partial charge in [-0.15, -0.1) is 0 Å². The Bertz CT molecular complexity index is 780. The molecule has 0 fully saturated rings. The first-order valence-corrected chi connectivity index (χ1v) is 7.36. The maximum absolute atomic E-state index is 11.7. The Morgan fingerprint density at radius 3 is 3.00 bits per heavy atom. The minimum absolute atomic E-state index is 0.377. The third-order valence-corrected chi connectivity index (χ3v) is 3.71. The van der Waals surface area contributed by atoms with Crippen molar-refractivity contribution in [2.45, 2.75) is 11.8 Å². The van der Waals surface area contributed by atoms with Gasteiger partial charge in [0.1, 0.15) is 11.9 Å². The van der Waals surface area contributed by atoms with Crippen molar-refractivity contribution in [3.63, 3.8) is 0 Å². The van der Waals surface area contributed by atoms with Gasteiger partial charge in [-0.1, -0.05) is 15.9 Å². The fourth-order valence-corrected chi connectivity index (χ4v) is 2.62. The minimum Gasteiger partial charge on any atom is -0.465 e. The second kappa shape index (κ2) is 5.69. The number of rotatable bonds is 4. The van der Waals surface area contributed by atoms with Crippen LogP contribution in [0, 0.1) is 0 Å². The monoisotopic (exact) mass is 349 g/mol. The number of halogens is 1. The number of hydrogen-bond acceptors (Lipinski definition) is 5. The molecule has 0 radical (unpaired) electrons. The highest BCUT2D eigenvalue weighted by Gasteiger charge is 2.15. The summed E-state index contributed by atoms with van der Waals surface area (Å²) in [5, 5.41) is 0.620. The van der Waals surface area contributed by atoms with Gasteiger partial charge in [-0.05, 0) is 12.1 Å². The van der Waals surface area contributed by atoms with E-state index in [2.05, 4.69) is 25.9 Å². The molecule has 0 aliphatic carbocycles. The molecule has 0 aliphatic rings. The van der Waals surface area contributed by atoms with Crippen molar-refractivity contribution in [2.24, 2.45) is 0 Å². The molecule has 0 aliphatic heterocycles. The molecule has 0 saturated carbocycles. The smallest absolute Gasteiger partial charge is 0.339 e. The number of fused-ring (bicyclic) bond motifs is 1. The molecule has 21 heavy (non-hydrogen) atoms. The van der Waals surface area contributed by atoms with Crippen molar-refractivity contribution < 1.29 is 13.9 Å². The van der Waals surface area contributed by atoms with E-state index in [1.807, 2.05) is 4.40 Å². The summed E-state index contributed by atoms with van der Waals surface area (Å²) in [6.07, 6.45) is 5.30. The van der Waals surface area contributed by atoms with Gasteiger partial charge >= 0.3 is 5.97 Å². The Morgan fingerprint density at radius 1 is 1.48 bits per heavy atom. The zero-order chi connectivity index (χ0) is 14.8. The number of nitrogens with zero attached hydrogens (tertiary/aromatic N) is 3. The second-order valence-corrected chi connectivity index (χ2v) is 4.99. The van der Waals surface area contributed by atoms with Crippen LogP contribution in [-0.4, -0.2) is 27.4 Å². The number of aromatic nitrogens is 3. The second-order valence-electron chi connectivity index (χ2n) is 4.43. The number of imidazole rings is 1. The van der Waals surface area contributed by atoms with Crippen LogP contribution in [0.4, 0.5) is 0 Å². The van der Waals surface area contributed by atoms with Crippen molar-refractivity contribution in [3.8, 4) is 0 Å². The zero-order valence-electron chi connectivity index (χ0n) is 11.2. The van der Waals surface area contributed by atoms with E-state index in [-0.39, 0.29) is 5.97 Å². The molecule has 108 valence electrons.